The van der Waals surface area contributed by atoms with Gasteiger partial charge in [-0.2, -0.15) is 0 Å². The first-order valence-corrected chi connectivity index (χ1v) is 11.9. The second-order valence-electron chi connectivity index (χ2n) is 10.2. The summed E-state index contributed by atoms with van der Waals surface area (Å²) in [5, 5.41) is 3.66. The number of ether oxygens (including phenoxy) is 3. The molecule has 1 aliphatic rings. The highest BCUT2D eigenvalue weighted by Gasteiger charge is 2.33. The predicted octanol–water partition coefficient (Wildman–Crippen LogP) is 6.22. The van der Waals surface area contributed by atoms with Crippen LogP contribution in [-0.2, 0) is 11.3 Å². The van der Waals surface area contributed by atoms with Crippen LogP contribution in [0.1, 0.15) is 79.2 Å². The molecule has 1 fully saturated rings. The van der Waals surface area contributed by atoms with Gasteiger partial charge in [0, 0.05) is 13.2 Å². The third kappa shape index (κ3) is 8.47. The van der Waals surface area contributed by atoms with Crippen molar-refractivity contribution in [2.45, 2.75) is 91.9 Å². The summed E-state index contributed by atoms with van der Waals surface area (Å²) >= 11 is 0. The van der Waals surface area contributed by atoms with E-state index in [-0.39, 0.29) is 11.7 Å². The van der Waals surface area contributed by atoms with Crippen molar-refractivity contribution in [2.75, 3.05) is 20.3 Å². The molecule has 1 aromatic rings. The molecule has 0 radical (unpaired) electrons. The lowest BCUT2D eigenvalue weighted by Crippen LogP contribution is -2.37. The SMILES string of the molecule is COc1cc(CNCC[C@@H](CCC(C)C)[C@H]2CCOC(C)(C)C2)ccc1OC(C)C. The summed E-state index contributed by atoms with van der Waals surface area (Å²) in [6.07, 6.45) is 6.41. The molecular formula is C26H45NO3. The zero-order valence-corrected chi connectivity index (χ0v) is 20.4. The fraction of sp³-hybridized carbons (Fsp3) is 0.769. The Morgan fingerprint density at radius 3 is 2.50 bits per heavy atom. The van der Waals surface area contributed by atoms with Gasteiger partial charge in [-0.1, -0.05) is 26.3 Å². The number of benzene rings is 1. The lowest BCUT2D eigenvalue weighted by Gasteiger charge is -2.39. The number of hydrogen-bond acceptors (Lipinski definition) is 4. The Morgan fingerprint density at radius 1 is 1.10 bits per heavy atom. The van der Waals surface area contributed by atoms with Gasteiger partial charge in [-0.15, -0.1) is 0 Å². The van der Waals surface area contributed by atoms with Crippen molar-refractivity contribution < 1.29 is 14.2 Å². The summed E-state index contributed by atoms with van der Waals surface area (Å²) in [5.41, 5.74) is 1.26. The van der Waals surface area contributed by atoms with Crippen molar-refractivity contribution in [3.8, 4) is 11.5 Å². The van der Waals surface area contributed by atoms with E-state index in [4.69, 9.17) is 14.2 Å². The normalized spacial score (nSPS) is 19.8. The maximum Gasteiger partial charge on any atom is 0.161 e. The van der Waals surface area contributed by atoms with Crippen LogP contribution < -0.4 is 14.8 Å². The largest absolute Gasteiger partial charge is 0.493 e. The van der Waals surface area contributed by atoms with Gasteiger partial charge in [-0.05, 0) is 95.4 Å². The molecule has 1 N–H and O–H groups in total. The first-order valence-electron chi connectivity index (χ1n) is 11.9. The monoisotopic (exact) mass is 419 g/mol. The Balaban J connectivity index is 1.88. The lowest BCUT2D eigenvalue weighted by atomic mass is 9.75. The van der Waals surface area contributed by atoms with Crippen molar-refractivity contribution in [1.29, 1.82) is 0 Å². The smallest absolute Gasteiger partial charge is 0.161 e. The van der Waals surface area contributed by atoms with Crippen LogP contribution >= 0.6 is 0 Å². The Morgan fingerprint density at radius 2 is 1.87 bits per heavy atom. The Bertz CT molecular complexity index is 627. The molecule has 0 bridgehead atoms. The van der Waals surface area contributed by atoms with Gasteiger partial charge in [0.15, 0.2) is 11.5 Å². The molecular weight excluding hydrogens is 374 g/mol. The highest BCUT2D eigenvalue weighted by atomic mass is 16.5. The second-order valence-corrected chi connectivity index (χ2v) is 10.2. The van der Waals surface area contributed by atoms with Crippen LogP contribution in [0.4, 0.5) is 0 Å². The molecule has 1 aromatic carbocycles. The van der Waals surface area contributed by atoms with Gasteiger partial charge in [0.25, 0.3) is 0 Å². The molecule has 0 aliphatic carbocycles. The number of methoxy groups -OCH3 is 1. The van der Waals surface area contributed by atoms with Gasteiger partial charge in [-0.25, -0.2) is 0 Å². The van der Waals surface area contributed by atoms with Crippen molar-refractivity contribution in [3.63, 3.8) is 0 Å². The van der Waals surface area contributed by atoms with E-state index in [1.165, 1.54) is 37.7 Å². The topological polar surface area (TPSA) is 39.7 Å². The molecule has 0 aromatic heterocycles. The van der Waals surface area contributed by atoms with Crippen LogP contribution in [-0.4, -0.2) is 32.0 Å². The van der Waals surface area contributed by atoms with Crippen molar-refractivity contribution in [2.24, 2.45) is 17.8 Å². The molecule has 0 saturated carbocycles. The van der Waals surface area contributed by atoms with Gasteiger partial charge in [0.05, 0.1) is 18.8 Å². The molecule has 2 atom stereocenters. The van der Waals surface area contributed by atoms with E-state index in [0.717, 1.165) is 48.9 Å². The zero-order chi connectivity index (χ0) is 22.1. The van der Waals surface area contributed by atoms with E-state index in [0.29, 0.717) is 0 Å². The van der Waals surface area contributed by atoms with E-state index in [1.807, 2.05) is 19.9 Å². The van der Waals surface area contributed by atoms with Crippen LogP contribution in [0.5, 0.6) is 11.5 Å². The van der Waals surface area contributed by atoms with Crippen LogP contribution in [0.2, 0.25) is 0 Å². The fourth-order valence-electron chi connectivity index (χ4n) is 4.54. The van der Waals surface area contributed by atoms with E-state index >= 15 is 0 Å². The maximum absolute atomic E-state index is 5.97. The quantitative estimate of drug-likeness (QED) is 0.408. The highest BCUT2D eigenvalue weighted by molar-refractivity contribution is 5.43. The maximum atomic E-state index is 5.97. The van der Waals surface area contributed by atoms with Crippen LogP contribution in [0.3, 0.4) is 0 Å². The molecule has 4 nitrogen and oxygen atoms in total. The van der Waals surface area contributed by atoms with E-state index < -0.39 is 0 Å². The average molecular weight is 420 g/mol. The molecule has 1 aliphatic heterocycles. The van der Waals surface area contributed by atoms with Crippen LogP contribution in [0, 0.1) is 17.8 Å². The molecule has 0 amide bonds. The highest BCUT2D eigenvalue weighted by Crippen LogP contribution is 2.37. The molecule has 30 heavy (non-hydrogen) atoms. The molecule has 1 saturated heterocycles. The lowest BCUT2D eigenvalue weighted by molar-refractivity contribution is -0.0839. The third-order valence-electron chi connectivity index (χ3n) is 6.13. The molecule has 0 spiro atoms. The third-order valence-corrected chi connectivity index (χ3v) is 6.13. The van der Waals surface area contributed by atoms with Gasteiger partial charge in [0.2, 0.25) is 0 Å². The first-order chi connectivity index (χ1) is 14.2. The van der Waals surface area contributed by atoms with Crippen LogP contribution in [0.15, 0.2) is 18.2 Å². The van der Waals surface area contributed by atoms with Crippen molar-refractivity contribution >= 4 is 0 Å². The summed E-state index contributed by atoms with van der Waals surface area (Å²) in [5.74, 6) is 3.95. The van der Waals surface area contributed by atoms with Gasteiger partial charge in [-0.3, -0.25) is 0 Å². The summed E-state index contributed by atoms with van der Waals surface area (Å²) in [6, 6.07) is 6.23. The summed E-state index contributed by atoms with van der Waals surface area (Å²) in [6.45, 7) is 16.0. The van der Waals surface area contributed by atoms with E-state index in [1.54, 1.807) is 7.11 Å². The number of nitrogens with one attached hydrogen (secondary N) is 1. The summed E-state index contributed by atoms with van der Waals surface area (Å²) in [4.78, 5) is 0. The zero-order valence-electron chi connectivity index (χ0n) is 20.4. The van der Waals surface area contributed by atoms with Gasteiger partial charge in [0.1, 0.15) is 0 Å². The van der Waals surface area contributed by atoms with Crippen molar-refractivity contribution in [1.82, 2.24) is 5.32 Å². The minimum atomic E-state index is 0.0305. The number of hydrogen-bond donors (Lipinski definition) is 1. The molecule has 4 heteroatoms. The summed E-state index contributed by atoms with van der Waals surface area (Å²) in [7, 11) is 1.70. The standard InChI is InChI=1S/C26H45NO3/c1-19(2)8-10-22(23-13-15-29-26(5,6)17-23)12-14-27-18-21-9-11-24(30-20(3)4)25(16-21)28-7/h9,11,16,19-20,22-23,27H,8,10,12-15,17-18H2,1-7H3/t22-,23+/m1/s1. The average Bonchev–Trinajstić information content (AvgIpc) is 2.66. The molecule has 0 unspecified atom stereocenters. The van der Waals surface area contributed by atoms with Gasteiger partial charge < -0.3 is 19.5 Å². The fourth-order valence-corrected chi connectivity index (χ4v) is 4.54. The Hall–Kier alpha value is -1.26. The minimum absolute atomic E-state index is 0.0305. The second kappa shape index (κ2) is 12.0. The molecule has 172 valence electrons. The van der Waals surface area contributed by atoms with E-state index in [9.17, 15) is 0 Å². The summed E-state index contributed by atoms with van der Waals surface area (Å²) < 4.78 is 17.3. The van der Waals surface area contributed by atoms with E-state index in [2.05, 4.69) is 45.1 Å². The van der Waals surface area contributed by atoms with Gasteiger partial charge >= 0.3 is 0 Å². The predicted molar refractivity (Wildman–Crippen MR) is 125 cm³/mol. The molecule has 1 heterocycles. The van der Waals surface area contributed by atoms with Crippen molar-refractivity contribution in [3.05, 3.63) is 23.8 Å². The molecule has 2 rings (SSSR count). The first kappa shape index (κ1) is 25.0. The number of rotatable bonds is 12. The minimum Gasteiger partial charge on any atom is -0.493 e. The Kier molecular flexibility index (Phi) is 9.96. The Labute approximate surface area is 185 Å². The van der Waals surface area contributed by atoms with Crippen LogP contribution in [0.25, 0.3) is 0 Å².